The summed E-state index contributed by atoms with van der Waals surface area (Å²) >= 11 is 0. The van der Waals surface area contributed by atoms with Crippen molar-refractivity contribution in [3.05, 3.63) is 206 Å². The van der Waals surface area contributed by atoms with Crippen molar-refractivity contribution in [2.75, 3.05) is 4.90 Å². The normalized spacial score (nSPS) is 13.0. The Balaban J connectivity index is 1.09. The molecule has 2 aliphatic rings. The molecule has 5 nitrogen and oxygen atoms in total. The first-order chi connectivity index (χ1) is 28.8. The third kappa shape index (κ3) is 5.75. The molecule has 58 heavy (non-hydrogen) atoms. The van der Waals surface area contributed by atoms with Crippen LogP contribution in [-0.4, -0.2) is 19.5 Å². The Morgan fingerprint density at radius 2 is 1.02 bits per heavy atom. The number of para-hydroxylation sites is 4. The molecule has 0 unspecified atom stereocenters. The first-order valence-corrected chi connectivity index (χ1v) is 19.9. The predicted octanol–water partition coefficient (Wildman–Crippen LogP) is 13.7. The number of aromatic nitrogens is 4. The minimum atomic E-state index is 0.659. The Kier molecular flexibility index (Phi) is 8.21. The van der Waals surface area contributed by atoms with Gasteiger partial charge in [0.2, 0.25) is 0 Å². The Labute approximate surface area is 337 Å². The fourth-order valence-electron chi connectivity index (χ4n) is 8.52. The van der Waals surface area contributed by atoms with Gasteiger partial charge in [0.15, 0.2) is 17.5 Å². The van der Waals surface area contributed by atoms with Gasteiger partial charge in [0.1, 0.15) is 0 Å². The van der Waals surface area contributed by atoms with Gasteiger partial charge in [-0.25, -0.2) is 15.0 Å². The summed E-state index contributed by atoms with van der Waals surface area (Å²) in [7, 11) is 0. The second-order valence-corrected chi connectivity index (χ2v) is 14.7. The van der Waals surface area contributed by atoms with Crippen molar-refractivity contribution in [3.8, 4) is 62.0 Å². The summed E-state index contributed by atoms with van der Waals surface area (Å²) in [6.45, 7) is 0. The maximum absolute atomic E-state index is 5.01. The maximum Gasteiger partial charge on any atom is 0.164 e. The minimum absolute atomic E-state index is 0.659. The lowest BCUT2D eigenvalue weighted by atomic mass is 9.94. The molecule has 9 aromatic rings. The Hall–Kier alpha value is -7.63. The van der Waals surface area contributed by atoms with Crippen LogP contribution in [0.3, 0.4) is 0 Å². The van der Waals surface area contributed by atoms with Crippen LogP contribution in [0, 0.1) is 0 Å². The summed E-state index contributed by atoms with van der Waals surface area (Å²) in [5.41, 5.74) is 15.6. The van der Waals surface area contributed by atoms with Gasteiger partial charge in [0, 0.05) is 50.2 Å². The van der Waals surface area contributed by atoms with Gasteiger partial charge in [-0.2, -0.15) is 0 Å². The average molecular weight is 744 g/mol. The van der Waals surface area contributed by atoms with E-state index in [9.17, 15) is 0 Å². The van der Waals surface area contributed by atoms with Crippen molar-refractivity contribution < 1.29 is 0 Å². The van der Waals surface area contributed by atoms with Gasteiger partial charge < -0.3 is 9.47 Å². The molecule has 2 aromatic heterocycles. The molecule has 3 heterocycles. The first-order valence-electron chi connectivity index (χ1n) is 19.9. The van der Waals surface area contributed by atoms with Crippen LogP contribution in [0.15, 0.2) is 200 Å². The van der Waals surface area contributed by atoms with E-state index in [0.717, 1.165) is 63.4 Å². The average Bonchev–Trinajstić information content (AvgIpc) is 3.59. The minimum Gasteiger partial charge on any atom is -0.309 e. The fourth-order valence-corrected chi connectivity index (χ4v) is 8.52. The summed E-state index contributed by atoms with van der Waals surface area (Å²) < 4.78 is 2.44. The molecule has 1 aliphatic carbocycles. The zero-order valence-corrected chi connectivity index (χ0v) is 31.7. The molecule has 0 N–H and O–H groups in total. The maximum atomic E-state index is 5.01. The number of hydrogen-bond donors (Lipinski definition) is 0. The van der Waals surface area contributed by atoms with Crippen molar-refractivity contribution in [3.63, 3.8) is 0 Å². The molecule has 7 aromatic carbocycles. The van der Waals surface area contributed by atoms with Gasteiger partial charge in [0.05, 0.1) is 22.6 Å². The van der Waals surface area contributed by atoms with Crippen LogP contribution in [0.4, 0.5) is 17.1 Å². The SMILES string of the molecule is C1=CC(c2nc(-c3ccccc3)nc(-c3ccc(-c4ccc5c(c4)-c4c(n(-c6ccccc6)c6ccccc46)-c4ccccc4N5c4ccccc4)cc3)n2)=CCC1. The third-order valence-electron chi connectivity index (χ3n) is 11.2. The van der Waals surface area contributed by atoms with Gasteiger partial charge >= 0.3 is 0 Å². The number of nitrogens with zero attached hydrogens (tertiary/aromatic N) is 5. The number of rotatable bonds is 6. The zero-order chi connectivity index (χ0) is 38.4. The second kappa shape index (κ2) is 14.1. The molecule has 0 saturated carbocycles. The highest BCUT2D eigenvalue weighted by Crippen LogP contribution is 2.55. The molecule has 0 radical (unpaired) electrons. The Morgan fingerprint density at radius 3 is 1.76 bits per heavy atom. The van der Waals surface area contributed by atoms with Gasteiger partial charge in [-0.3, -0.25) is 0 Å². The molecular formula is C53H37N5. The molecule has 0 bridgehead atoms. The van der Waals surface area contributed by atoms with Crippen LogP contribution < -0.4 is 4.90 Å². The standard InChI is InChI=1S/C53H37N5/c1-5-17-37(18-6-1)51-54-52(38-19-7-2-8-20-38)56-53(55-51)39-31-29-36(30-32-39)40-33-34-48-45(35-40)49-43-25-13-15-27-46(43)58(42-23-11-4-12-24-42)50(49)44-26-14-16-28-47(44)57(48)41-21-9-3-10-22-41/h1,3-7,9-35H,2,8H2. The quantitative estimate of drug-likeness (QED) is 0.170. The number of allylic oxidation sites excluding steroid dienone is 4. The topological polar surface area (TPSA) is 46.8 Å². The third-order valence-corrected chi connectivity index (χ3v) is 11.2. The fraction of sp³-hybridized carbons (Fsp3) is 0.0377. The van der Waals surface area contributed by atoms with Crippen LogP contribution in [-0.2, 0) is 0 Å². The zero-order valence-electron chi connectivity index (χ0n) is 31.7. The monoisotopic (exact) mass is 743 g/mol. The van der Waals surface area contributed by atoms with E-state index in [2.05, 4.69) is 191 Å². The summed E-state index contributed by atoms with van der Waals surface area (Å²) in [6.07, 6.45) is 8.54. The first kappa shape index (κ1) is 33.7. The van der Waals surface area contributed by atoms with Gasteiger partial charge in [-0.15, -0.1) is 0 Å². The van der Waals surface area contributed by atoms with Crippen LogP contribution in [0.2, 0.25) is 0 Å². The largest absolute Gasteiger partial charge is 0.309 e. The highest BCUT2D eigenvalue weighted by atomic mass is 15.2. The molecule has 274 valence electrons. The molecule has 5 heteroatoms. The van der Waals surface area contributed by atoms with E-state index < -0.39 is 0 Å². The van der Waals surface area contributed by atoms with Crippen LogP contribution in [0.1, 0.15) is 18.7 Å². The molecule has 0 amide bonds. The van der Waals surface area contributed by atoms with E-state index in [0.29, 0.717) is 17.5 Å². The van der Waals surface area contributed by atoms with Gasteiger partial charge in [-0.1, -0.05) is 152 Å². The summed E-state index contributed by atoms with van der Waals surface area (Å²) in [5, 5.41) is 1.21. The highest BCUT2D eigenvalue weighted by Gasteiger charge is 2.31. The van der Waals surface area contributed by atoms with E-state index in [-0.39, 0.29) is 0 Å². The molecule has 0 fully saturated rings. The van der Waals surface area contributed by atoms with E-state index >= 15 is 0 Å². The van der Waals surface area contributed by atoms with E-state index in [1.807, 2.05) is 18.2 Å². The Morgan fingerprint density at radius 1 is 0.431 bits per heavy atom. The summed E-state index contributed by atoms with van der Waals surface area (Å²) in [6, 6.07) is 64.8. The lowest BCUT2D eigenvalue weighted by Crippen LogP contribution is -2.11. The Bertz CT molecular complexity index is 3040. The van der Waals surface area contributed by atoms with Crippen molar-refractivity contribution in [2.45, 2.75) is 12.8 Å². The highest BCUT2D eigenvalue weighted by molar-refractivity contribution is 6.13. The number of hydrogen-bond acceptors (Lipinski definition) is 4. The number of benzene rings is 7. The summed E-state index contributed by atoms with van der Waals surface area (Å²) in [4.78, 5) is 17.3. The molecule has 0 spiro atoms. The summed E-state index contributed by atoms with van der Waals surface area (Å²) in [5.74, 6) is 2.03. The van der Waals surface area contributed by atoms with Crippen molar-refractivity contribution >= 4 is 33.5 Å². The second-order valence-electron chi connectivity index (χ2n) is 14.7. The van der Waals surface area contributed by atoms with Gasteiger partial charge in [0.25, 0.3) is 0 Å². The molecular weight excluding hydrogens is 707 g/mol. The van der Waals surface area contributed by atoms with Crippen LogP contribution >= 0.6 is 0 Å². The number of fused-ring (bicyclic) bond motifs is 7. The molecule has 0 saturated heterocycles. The van der Waals surface area contributed by atoms with Crippen molar-refractivity contribution in [1.29, 1.82) is 0 Å². The lowest BCUT2D eigenvalue weighted by Gasteiger charge is -2.28. The smallest absolute Gasteiger partial charge is 0.164 e. The van der Waals surface area contributed by atoms with Gasteiger partial charge in [-0.05, 0) is 72.5 Å². The van der Waals surface area contributed by atoms with E-state index in [1.165, 1.54) is 33.3 Å². The van der Waals surface area contributed by atoms with Crippen LogP contribution in [0.25, 0.3) is 78.5 Å². The lowest BCUT2D eigenvalue weighted by molar-refractivity contribution is 1.01. The van der Waals surface area contributed by atoms with E-state index in [1.54, 1.807) is 0 Å². The van der Waals surface area contributed by atoms with Crippen molar-refractivity contribution in [1.82, 2.24) is 19.5 Å². The van der Waals surface area contributed by atoms with Crippen molar-refractivity contribution in [2.24, 2.45) is 0 Å². The number of anilines is 3. The van der Waals surface area contributed by atoms with Crippen LogP contribution in [0.5, 0.6) is 0 Å². The molecule has 1 aliphatic heterocycles. The van der Waals surface area contributed by atoms with E-state index in [4.69, 9.17) is 15.0 Å². The predicted molar refractivity (Wildman–Crippen MR) is 238 cm³/mol. The molecule has 0 atom stereocenters. The molecule has 11 rings (SSSR count).